The topological polar surface area (TPSA) is 29.5 Å². The van der Waals surface area contributed by atoms with Gasteiger partial charge >= 0.3 is 0 Å². The van der Waals surface area contributed by atoms with Gasteiger partial charge in [-0.25, -0.2) is 0 Å². The first-order valence-corrected chi connectivity index (χ1v) is 7.40. The van der Waals surface area contributed by atoms with Gasteiger partial charge in [-0.3, -0.25) is 0 Å². The number of benzene rings is 1. The van der Waals surface area contributed by atoms with E-state index in [1.54, 1.807) is 0 Å². The van der Waals surface area contributed by atoms with E-state index >= 15 is 0 Å². The van der Waals surface area contributed by atoms with Crippen molar-refractivity contribution in [1.82, 2.24) is 0 Å². The minimum Gasteiger partial charge on any atom is -0.493 e. The second-order valence-electron chi connectivity index (χ2n) is 5.50. The van der Waals surface area contributed by atoms with Crippen molar-refractivity contribution in [2.24, 2.45) is 11.8 Å². The van der Waals surface area contributed by atoms with Crippen LogP contribution in [0.5, 0.6) is 5.75 Å². The minimum atomic E-state index is -0.291. The van der Waals surface area contributed by atoms with Crippen LogP contribution in [0.15, 0.2) is 16.6 Å². The monoisotopic (exact) mass is 312 g/mol. The lowest BCUT2D eigenvalue weighted by atomic mass is 9.85. The predicted molar refractivity (Wildman–Crippen MR) is 77.1 cm³/mol. The Kier molecular flexibility index (Phi) is 4.33. The van der Waals surface area contributed by atoms with Crippen molar-refractivity contribution in [3.63, 3.8) is 0 Å². The van der Waals surface area contributed by atoms with Crippen LogP contribution in [0.3, 0.4) is 0 Å². The summed E-state index contributed by atoms with van der Waals surface area (Å²) >= 11 is 3.56. The van der Waals surface area contributed by atoms with Crippen molar-refractivity contribution < 1.29 is 9.84 Å². The highest BCUT2D eigenvalue weighted by molar-refractivity contribution is 9.10. The molecule has 2 rings (SSSR count). The Morgan fingerprint density at radius 3 is 2.67 bits per heavy atom. The van der Waals surface area contributed by atoms with Gasteiger partial charge in [-0.1, -0.05) is 29.8 Å². The summed E-state index contributed by atoms with van der Waals surface area (Å²) in [7, 11) is 0. The SMILES string of the molecule is CC(C)C(Cc1cc(Br)cc2c1OCC2)C(C)O. The molecule has 1 N–H and O–H groups in total. The van der Waals surface area contributed by atoms with E-state index in [2.05, 4.69) is 41.9 Å². The highest BCUT2D eigenvalue weighted by Crippen LogP contribution is 2.35. The van der Waals surface area contributed by atoms with Crippen LogP contribution in [0.1, 0.15) is 31.9 Å². The summed E-state index contributed by atoms with van der Waals surface area (Å²) in [4.78, 5) is 0. The van der Waals surface area contributed by atoms with Gasteiger partial charge in [0.05, 0.1) is 12.7 Å². The lowest BCUT2D eigenvalue weighted by Crippen LogP contribution is -2.24. The first-order chi connectivity index (χ1) is 8.49. The number of aliphatic hydroxyl groups is 1. The fourth-order valence-corrected chi connectivity index (χ4v) is 3.27. The van der Waals surface area contributed by atoms with Crippen LogP contribution in [0.25, 0.3) is 0 Å². The second kappa shape index (κ2) is 5.62. The zero-order valence-electron chi connectivity index (χ0n) is 11.2. The summed E-state index contributed by atoms with van der Waals surface area (Å²) in [6, 6.07) is 4.26. The number of hydrogen-bond donors (Lipinski definition) is 1. The summed E-state index contributed by atoms with van der Waals surface area (Å²) in [5.41, 5.74) is 2.50. The van der Waals surface area contributed by atoms with E-state index < -0.39 is 0 Å². The van der Waals surface area contributed by atoms with Crippen molar-refractivity contribution in [2.75, 3.05) is 6.61 Å². The summed E-state index contributed by atoms with van der Waals surface area (Å²) in [6.07, 6.45) is 1.57. The molecule has 1 aliphatic heterocycles. The Labute approximate surface area is 117 Å². The van der Waals surface area contributed by atoms with Gasteiger partial charge < -0.3 is 9.84 Å². The van der Waals surface area contributed by atoms with E-state index in [9.17, 15) is 5.11 Å². The fraction of sp³-hybridized carbons (Fsp3) is 0.600. The van der Waals surface area contributed by atoms with Gasteiger partial charge in [0.1, 0.15) is 5.75 Å². The molecule has 0 aliphatic carbocycles. The lowest BCUT2D eigenvalue weighted by Gasteiger charge is -2.24. The van der Waals surface area contributed by atoms with Crippen molar-refractivity contribution in [3.8, 4) is 5.75 Å². The average molecular weight is 313 g/mol. The first kappa shape index (κ1) is 13.9. The number of fused-ring (bicyclic) bond motifs is 1. The Morgan fingerprint density at radius 1 is 1.33 bits per heavy atom. The predicted octanol–water partition coefficient (Wildman–Crippen LogP) is 3.58. The molecule has 3 heteroatoms. The molecule has 0 saturated heterocycles. The van der Waals surface area contributed by atoms with Crippen LogP contribution in [0.4, 0.5) is 0 Å². The van der Waals surface area contributed by atoms with Crippen molar-refractivity contribution >= 4 is 15.9 Å². The van der Waals surface area contributed by atoms with Gasteiger partial charge in [-0.15, -0.1) is 0 Å². The molecule has 2 atom stereocenters. The molecular formula is C15H21BrO2. The quantitative estimate of drug-likeness (QED) is 0.921. The Morgan fingerprint density at radius 2 is 2.06 bits per heavy atom. The van der Waals surface area contributed by atoms with Crippen LogP contribution in [0, 0.1) is 11.8 Å². The second-order valence-corrected chi connectivity index (χ2v) is 6.42. The molecular weight excluding hydrogens is 292 g/mol. The highest BCUT2D eigenvalue weighted by Gasteiger charge is 2.24. The van der Waals surface area contributed by atoms with Crippen LogP contribution < -0.4 is 4.74 Å². The Balaban J connectivity index is 2.28. The number of halogens is 1. The third-order valence-corrected chi connectivity index (χ3v) is 4.21. The van der Waals surface area contributed by atoms with Crippen molar-refractivity contribution in [1.29, 1.82) is 0 Å². The molecule has 2 unspecified atom stereocenters. The lowest BCUT2D eigenvalue weighted by molar-refractivity contribution is 0.0972. The van der Waals surface area contributed by atoms with Gasteiger partial charge in [-0.2, -0.15) is 0 Å². The van der Waals surface area contributed by atoms with E-state index in [1.807, 2.05) is 6.92 Å². The molecule has 0 saturated carbocycles. The molecule has 0 amide bonds. The maximum Gasteiger partial charge on any atom is 0.125 e. The van der Waals surface area contributed by atoms with E-state index in [0.29, 0.717) is 5.92 Å². The zero-order valence-corrected chi connectivity index (χ0v) is 12.8. The maximum atomic E-state index is 9.91. The number of hydrogen-bond acceptors (Lipinski definition) is 2. The largest absolute Gasteiger partial charge is 0.493 e. The zero-order chi connectivity index (χ0) is 13.3. The molecule has 100 valence electrons. The molecule has 0 aromatic heterocycles. The number of aliphatic hydroxyl groups excluding tert-OH is 1. The summed E-state index contributed by atoms with van der Waals surface area (Å²) in [5.74, 6) is 1.78. The van der Waals surface area contributed by atoms with Crippen molar-refractivity contribution in [3.05, 3.63) is 27.7 Å². The number of ether oxygens (including phenoxy) is 1. The molecule has 0 spiro atoms. The fourth-order valence-electron chi connectivity index (χ4n) is 2.71. The molecule has 1 aliphatic rings. The smallest absolute Gasteiger partial charge is 0.125 e. The van der Waals surface area contributed by atoms with Gasteiger partial charge in [0, 0.05) is 10.9 Å². The minimum absolute atomic E-state index is 0.271. The molecule has 0 bridgehead atoms. The maximum absolute atomic E-state index is 9.91. The average Bonchev–Trinajstić information content (AvgIpc) is 2.72. The number of rotatable bonds is 4. The normalized spacial score (nSPS) is 17.4. The van der Waals surface area contributed by atoms with E-state index in [0.717, 1.165) is 29.7 Å². The summed E-state index contributed by atoms with van der Waals surface area (Å²) in [6.45, 7) is 6.98. The summed E-state index contributed by atoms with van der Waals surface area (Å²) < 4.78 is 6.85. The standard InChI is InChI=1S/C15H21BrO2/c1-9(2)14(10(3)17)8-12-7-13(16)6-11-4-5-18-15(11)12/h6-7,9-10,14,17H,4-5,8H2,1-3H3. The molecule has 18 heavy (non-hydrogen) atoms. The van der Waals surface area contributed by atoms with E-state index in [-0.39, 0.29) is 12.0 Å². The van der Waals surface area contributed by atoms with Gasteiger partial charge in [0.15, 0.2) is 0 Å². The Bertz CT molecular complexity index is 419. The van der Waals surface area contributed by atoms with E-state index in [4.69, 9.17) is 4.74 Å². The van der Waals surface area contributed by atoms with Crippen LogP contribution in [0.2, 0.25) is 0 Å². The third kappa shape index (κ3) is 2.89. The molecule has 0 fully saturated rings. The van der Waals surface area contributed by atoms with E-state index in [1.165, 1.54) is 11.1 Å². The summed E-state index contributed by atoms with van der Waals surface area (Å²) in [5, 5.41) is 9.91. The van der Waals surface area contributed by atoms with Crippen LogP contribution in [-0.2, 0) is 12.8 Å². The molecule has 0 radical (unpaired) electrons. The molecule has 2 nitrogen and oxygen atoms in total. The first-order valence-electron chi connectivity index (χ1n) is 6.61. The molecule has 1 aromatic carbocycles. The third-order valence-electron chi connectivity index (χ3n) is 3.76. The van der Waals surface area contributed by atoms with Crippen LogP contribution in [-0.4, -0.2) is 17.8 Å². The highest BCUT2D eigenvalue weighted by atomic mass is 79.9. The van der Waals surface area contributed by atoms with Crippen LogP contribution >= 0.6 is 15.9 Å². The Hall–Kier alpha value is -0.540. The molecule has 1 heterocycles. The molecule has 1 aromatic rings. The van der Waals surface area contributed by atoms with Gasteiger partial charge in [-0.05, 0) is 48.4 Å². The van der Waals surface area contributed by atoms with Gasteiger partial charge in [0.2, 0.25) is 0 Å². The van der Waals surface area contributed by atoms with Gasteiger partial charge in [0.25, 0.3) is 0 Å². The van der Waals surface area contributed by atoms with Crippen molar-refractivity contribution in [2.45, 2.75) is 39.7 Å².